The maximum absolute atomic E-state index is 13.9. The van der Waals surface area contributed by atoms with Gasteiger partial charge in [-0.2, -0.15) is 12.7 Å². The average molecular weight is 646 g/mol. The Morgan fingerprint density at radius 1 is 1.09 bits per heavy atom. The van der Waals surface area contributed by atoms with Gasteiger partial charge in [0.2, 0.25) is 11.6 Å². The fourth-order valence-corrected chi connectivity index (χ4v) is 7.35. The minimum atomic E-state index is -3.98. The summed E-state index contributed by atoms with van der Waals surface area (Å²) in [7, 11) is 2.25. The highest BCUT2D eigenvalue weighted by molar-refractivity contribution is 7.87. The highest BCUT2D eigenvalue weighted by Gasteiger charge is 2.31. The van der Waals surface area contributed by atoms with Crippen LogP contribution in [0.1, 0.15) is 66.4 Å². The number of nitrogens with zero attached hydrogens (tertiary/aromatic N) is 4. The van der Waals surface area contributed by atoms with E-state index in [2.05, 4.69) is 19.7 Å². The Hall–Kier alpha value is -4.29. The van der Waals surface area contributed by atoms with E-state index in [0.717, 1.165) is 63.4 Å². The topological polar surface area (TPSA) is 125 Å². The largest absolute Gasteiger partial charge is 0.497 e. The van der Waals surface area contributed by atoms with E-state index >= 15 is 0 Å². The van der Waals surface area contributed by atoms with Gasteiger partial charge in [-0.1, -0.05) is 30.0 Å². The van der Waals surface area contributed by atoms with Gasteiger partial charge in [0.25, 0.3) is 5.91 Å². The van der Waals surface area contributed by atoms with Gasteiger partial charge in [0, 0.05) is 47.8 Å². The van der Waals surface area contributed by atoms with Crippen molar-refractivity contribution >= 4 is 39.0 Å². The van der Waals surface area contributed by atoms with Gasteiger partial charge >= 0.3 is 10.2 Å². The van der Waals surface area contributed by atoms with Gasteiger partial charge < -0.3 is 14.6 Å². The highest BCUT2D eigenvalue weighted by Crippen LogP contribution is 2.47. The molecule has 2 amide bonds. The van der Waals surface area contributed by atoms with Crippen LogP contribution in [0.2, 0.25) is 0 Å². The molecule has 1 saturated carbocycles. The standard InChI is InChI=1S/C34H40N6O5S/c1-21-15-26(39(4)36-21)19-35-33(41)25-16-24-17-27(45-5)12-14-28(24)32-31(22-9-7-6-8-10-22)29-13-11-23(18-30(29)40(32)20-25)34(42)37-46(43,44)38(2)3/h11-18,21-22H,6-10,19-20H2,1-5H3,(H-,35,37,41,42)/p+1. The summed E-state index contributed by atoms with van der Waals surface area (Å²) in [5, 5.41) is 8.57. The zero-order valence-corrected chi connectivity index (χ0v) is 27.8. The first kappa shape index (κ1) is 31.7. The van der Waals surface area contributed by atoms with E-state index in [4.69, 9.17) is 4.74 Å². The fraction of sp³-hybridized carbons (Fsp3) is 0.412. The Balaban J connectivity index is 1.50. The second kappa shape index (κ2) is 12.5. The molecule has 0 saturated heterocycles. The van der Waals surface area contributed by atoms with E-state index in [1.54, 1.807) is 23.9 Å². The monoisotopic (exact) mass is 645 g/mol. The number of carbonyl (C=O) groups is 2. The normalized spacial score (nSPS) is 18.3. The number of amides is 2. The van der Waals surface area contributed by atoms with Crippen LogP contribution in [0.25, 0.3) is 28.2 Å². The summed E-state index contributed by atoms with van der Waals surface area (Å²) >= 11 is 0. The molecule has 11 nitrogen and oxygen atoms in total. The van der Waals surface area contributed by atoms with E-state index in [0.29, 0.717) is 23.8 Å². The lowest BCUT2D eigenvalue weighted by molar-refractivity contribution is -0.513. The number of hydrogen-bond acceptors (Lipinski definition) is 6. The van der Waals surface area contributed by atoms with Crippen molar-refractivity contribution in [1.82, 2.24) is 18.9 Å². The van der Waals surface area contributed by atoms with Crippen molar-refractivity contribution in [3.8, 4) is 17.0 Å². The quantitative estimate of drug-likeness (QED) is 0.341. The number of fused-ring (bicyclic) bond motifs is 5. The van der Waals surface area contributed by atoms with Gasteiger partial charge in [0.05, 0.1) is 19.3 Å². The van der Waals surface area contributed by atoms with Crippen molar-refractivity contribution < 1.29 is 27.4 Å². The number of hydrogen-bond donors (Lipinski definition) is 2. The number of methoxy groups -OCH3 is 1. The van der Waals surface area contributed by atoms with Crippen LogP contribution < -0.4 is 14.8 Å². The molecule has 46 heavy (non-hydrogen) atoms. The van der Waals surface area contributed by atoms with Crippen molar-refractivity contribution in [2.45, 2.75) is 57.5 Å². The lowest BCUT2D eigenvalue weighted by atomic mass is 9.81. The molecule has 1 aromatic heterocycles. The van der Waals surface area contributed by atoms with Gasteiger partial charge in [0.1, 0.15) is 18.3 Å². The first-order chi connectivity index (χ1) is 22.0. The second-order valence-electron chi connectivity index (χ2n) is 12.5. The molecule has 2 aromatic carbocycles. The lowest BCUT2D eigenvalue weighted by Gasteiger charge is -2.24. The smallest absolute Gasteiger partial charge is 0.303 e. The molecule has 1 atom stereocenters. The predicted octanol–water partition coefficient (Wildman–Crippen LogP) is 4.79. The predicted molar refractivity (Wildman–Crippen MR) is 177 cm³/mol. The molecule has 6 rings (SSSR count). The molecule has 1 fully saturated rings. The van der Waals surface area contributed by atoms with Gasteiger partial charge in [-0.15, -0.1) is 0 Å². The van der Waals surface area contributed by atoms with Crippen LogP contribution >= 0.6 is 0 Å². The van der Waals surface area contributed by atoms with E-state index in [1.165, 1.54) is 26.1 Å². The fourth-order valence-electron chi connectivity index (χ4n) is 6.81. The third-order valence-electron chi connectivity index (χ3n) is 9.18. The van der Waals surface area contributed by atoms with Crippen LogP contribution in [0.15, 0.2) is 58.9 Å². The molecular formula is C34H41N6O5S+. The van der Waals surface area contributed by atoms with Crippen LogP contribution in [0.5, 0.6) is 5.75 Å². The Morgan fingerprint density at radius 3 is 2.52 bits per heavy atom. The van der Waals surface area contributed by atoms with Crippen LogP contribution in [0, 0.1) is 0 Å². The number of azo groups is 2. The zero-order chi connectivity index (χ0) is 32.7. The summed E-state index contributed by atoms with van der Waals surface area (Å²) < 4.78 is 37.6. The maximum Gasteiger partial charge on any atom is 0.303 e. The number of nitrogens with one attached hydrogen (secondary N) is 2. The van der Waals surface area contributed by atoms with Crippen molar-refractivity contribution in [3.05, 3.63) is 70.4 Å². The lowest BCUT2D eigenvalue weighted by Crippen LogP contribution is -2.39. The van der Waals surface area contributed by atoms with Crippen molar-refractivity contribution in [2.75, 3.05) is 34.8 Å². The Labute approximate surface area is 269 Å². The van der Waals surface area contributed by atoms with Gasteiger partial charge in [-0.3, -0.25) is 9.59 Å². The van der Waals surface area contributed by atoms with Crippen LogP contribution in [-0.4, -0.2) is 74.6 Å². The maximum atomic E-state index is 13.9. The molecule has 3 heterocycles. The third kappa shape index (κ3) is 5.99. The number of carbonyl (C=O) groups excluding carboxylic acids is 2. The SMILES string of the molecule is COc1ccc2c(c1)C=C(C(=O)NCC1=CC(C)N=[N+]1C)Cn1c-2c(C2CCCCC2)c2ccc(C(=O)NS(=O)(=O)N(C)C)cc21. The minimum Gasteiger partial charge on any atom is -0.497 e. The Bertz CT molecular complexity index is 1930. The summed E-state index contributed by atoms with van der Waals surface area (Å²) in [6.45, 7) is 2.59. The van der Waals surface area contributed by atoms with Crippen molar-refractivity contribution in [3.63, 3.8) is 0 Å². The van der Waals surface area contributed by atoms with E-state index in [9.17, 15) is 18.0 Å². The summed E-state index contributed by atoms with van der Waals surface area (Å²) in [5.74, 6) is 0.0730. The molecule has 3 aromatic rings. The number of ether oxygens (including phenoxy) is 1. The molecule has 1 unspecified atom stereocenters. The van der Waals surface area contributed by atoms with E-state index < -0.39 is 16.1 Å². The average Bonchev–Trinajstić information content (AvgIpc) is 3.47. The summed E-state index contributed by atoms with van der Waals surface area (Å²) in [5.41, 5.74) is 6.55. The Morgan fingerprint density at radius 2 is 1.85 bits per heavy atom. The number of likely N-dealkylation sites (N-methyl/N-ethyl adjacent to an activating group) is 1. The highest BCUT2D eigenvalue weighted by atomic mass is 32.2. The summed E-state index contributed by atoms with van der Waals surface area (Å²) in [4.78, 5) is 27.1. The number of aromatic nitrogens is 1. The summed E-state index contributed by atoms with van der Waals surface area (Å²) in [6.07, 6.45) is 9.52. The van der Waals surface area contributed by atoms with Crippen LogP contribution in [-0.2, 0) is 21.5 Å². The van der Waals surface area contributed by atoms with E-state index in [-0.39, 0.29) is 24.1 Å². The molecule has 0 radical (unpaired) electrons. The first-order valence-electron chi connectivity index (χ1n) is 15.7. The third-order valence-corrected chi connectivity index (χ3v) is 10.6. The Kier molecular flexibility index (Phi) is 8.60. The van der Waals surface area contributed by atoms with Gasteiger partial charge in [0.15, 0.2) is 7.05 Å². The molecule has 2 aliphatic heterocycles. The molecule has 2 N–H and O–H groups in total. The summed E-state index contributed by atoms with van der Waals surface area (Å²) in [6, 6.07) is 11.3. The number of rotatable bonds is 8. The van der Waals surface area contributed by atoms with Crippen molar-refractivity contribution in [2.24, 2.45) is 5.11 Å². The van der Waals surface area contributed by atoms with Crippen LogP contribution in [0.3, 0.4) is 0 Å². The first-order valence-corrected chi connectivity index (χ1v) is 17.1. The molecule has 0 bridgehead atoms. The van der Waals surface area contributed by atoms with Gasteiger partial charge in [-0.05, 0) is 78.3 Å². The van der Waals surface area contributed by atoms with Crippen LogP contribution in [0.4, 0.5) is 0 Å². The molecule has 12 heteroatoms. The van der Waals surface area contributed by atoms with Gasteiger partial charge in [-0.25, -0.2) is 4.72 Å². The number of benzene rings is 2. The minimum absolute atomic E-state index is 0.0551. The molecule has 0 spiro atoms. The molecule has 242 valence electrons. The molecular weight excluding hydrogens is 604 g/mol. The molecule has 1 aliphatic carbocycles. The second-order valence-corrected chi connectivity index (χ2v) is 14.4. The molecule has 3 aliphatic rings. The zero-order valence-electron chi connectivity index (χ0n) is 27.0. The van der Waals surface area contributed by atoms with E-state index in [1.807, 2.05) is 50.4 Å². The van der Waals surface area contributed by atoms with Crippen molar-refractivity contribution in [1.29, 1.82) is 0 Å².